The summed E-state index contributed by atoms with van der Waals surface area (Å²) in [5.41, 5.74) is 5.60. The lowest BCUT2D eigenvalue weighted by molar-refractivity contribution is -0.152. The second kappa shape index (κ2) is 7.66. The highest BCUT2D eigenvalue weighted by atomic mass is 32.1. The van der Waals surface area contributed by atoms with Crippen LogP contribution in [0.15, 0.2) is 0 Å². The Morgan fingerprint density at radius 3 is 2.89 bits per heavy atom. The molecular weight excluding hydrogens is 252 g/mol. The van der Waals surface area contributed by atoms with Crippen LogP contribution in [0.5, 0.6) is 0 Å². The Labute approximate surface area is 114 Å². The summed E-state index contributed by atoms with van der Waals surface area (Å²) in [7, 11) is 0. The second-order valence-electron chi connectivity index (χ2n) is 4.31. The van der Waals surface area contributed by atoms with E-state index in [0.29, 0.717) is 31.3 Å². The Morgan fingerprint density at radius 1 is 1.61 bits per heavy atom. The van der Waals surface area contributed by atoms with Gasteiger partial charge in [-0.15, -0.1) is 0 Å². The van der Waals surface area contributed by atoms with Gasteiger partial charge in [0.2, 0.25) is 0 Å². The molecule has 1 fully saturated rings. The molecule has 0 aromatic heterocycles. The van der Waals surface area contributed by atoms with Gasteiger partial charge in [0.15, 0.2) is 0 Å². The van der Waals surface area contributed by atoms with Crippen LogP contribution >= 0.6 is 12.2 Å². The highest BCUT2D eigenvalue weighted by molar-refractivity contribution is 7.80. The molecule has 1 heterocycles. The number of esters is 1. The quantitative estimate of drug-likeness (QED) is 0.568. The first-order valence-corrected chi connectivity index (χ1v) is 6.82. The number of ether oxygens (including phenoxy) is 2. The minimum Gasteiger partial charge on any atom is -0.465 e. The maximum atomic E-state index is 11.9. The van der Waals surface area contributed by atoms with Gasteiger partial charge in [-0.05, 0) is 13.3 Å². The first kappa shape index (κ1) is 15.3. The maximum absolute atomic E-state index is 11.9. The van der Waals surface area contributed by atoms with Crippen molar-refractivity contribution in [1.82, 2.24) is 4.90 Å². The Morgan fingerprint density at radius 2 is 2.33 bits per heavy atom. The lowest BCUT2D eigenvalue weighted by atomic mass is 10.1. The van der Waals surface area contributed by atoms with Crippen LogP contribution in [0.1, 0.15) is 26.7 Å². The number of morpholine rings is 1. The van der Waals surface area contributed by atoms with E-state index in [1.807, 2.05) is 6.92 Å². The zero-order chi connectivity index (χ0) is 13.5. The van der Waals surface area contributed by atoms with Crippen LogP contribution in [0.25, 0.3) is 0 Å². The zero-order valence-electron chi connectivity index (χ0n) is 11.1. The van der Waals surface area contributed by atoms with Crippen molar-refractivity contribution in [2.24, 2.45) is 5.73 Å². The van der Waals surface area contributed by atoms with E-state index < -0.39 is 0 Å². The summed E-state index contributed by atoms with van der Waals surface area (Å²) in [6.07, 6.45) is 1.45. The summed E-state index contributed by atoms with van der Waals surface area (Å²) in [6, 6.07) is -0.212. The van der Waals surface area contributed by atoms with Gasteiger partial charge in [0.05, 0.1) is 13.2 Å². The minimum atomic E-state index is -0.262. The van der Waals surface area contributed by atoms with Crippen LogP contribution < -0.4 is 5.73 Å². The third kappa shape index (κ3) is 4.19. The van der Waals surface area contributed by atoms with Crippen molar-refractivity contribution in [3.8, 4) is 0 Å². The van der Waals surface area contributed by atoms with Gasteiger partial charge in [-0.2, -0.15) is 0 Å². The molecular formula is C12H22N2O3S. The molecule has 1 aliphatic rings. The fraction of sp³-hybridized carbons (Fsp3) is 0.833. The van der Waals surface area contributed by atoms with E-state index in [4.69, 9.17) is 27.4 Å². The van der Waals surface area contributed by atoms with E-state index in [0.717, 1.165) is 12.8 Å². The average molecular weight is 274 g/mol. The van der Waals surface area contributed by atoms with Crippen LogP contribution in [0.4, 0.5) is 0 Å². The molecule has 6 heteroatoms. The second-order valence-corrected chi connectivity index (χ2v) is 4.78. The molecule has 0 amide bonds. The van der Waals surface area contributed by atoms with Gasteiger partial charge in [0.1, 0.15) is 17.1 Å². The Bertz CT molecular complexity index is 299. The predicted molar refractivity (Wildman–Crippen MR) is 73.4 cm³/mol. The molecule has 2 unspecified atom stereocenters. The summed E-state index contributed by atoms with van der Waals surface area (Å²) in [5.74, 6) is -0.164. The van der Waals surface area contributed by atoms with E-state index >= 15 is 0 Å². The number of rotatable bonds is 6. The van der Waals surface area contributed by atoms with Crippen LogP contribution in [-0.2, 0) is 14.3 Å². The number of carbonyl (C=O) groups excluding carboxylic acids is 1. The lowest BCUT2D eigenvalue weighted by Crippen LogP contribution is -2.53. The standard InChI is InChI=1S/C12H22N2O3S/c1-3-5-9(12(15)16-4-2)14-6-7-17-10(8-14)11(13)18/h9-10H,3-8H2,1-2H3,(H2,13,18). The first-order valence-electron chi connectivity index (χ1n) is 6.41. The summed E-state index contributed by atoms with van der Waals surface area (Å²) in [4.78, 5) is 14.4. The topological polar surface area (TPSA) is 64.8 Å². The minimum absolute atomic E-state index is 0.164. The molecule has 0 spiro atoms. The van der Waals surface area contributed by atoms with Gasteiger partial charge in [-0.1, -0.05) is 25.6 Å². The van der Waals surface area contributed by atoms with Crippen molar-refractivity contribution in [2.75, 3.05) is 26.3 Å². The summed E-state index contributed by atoms with van der Waals surface area (Å²) >= 11 is 4.95. The third-order valence-corrected chi connectivity index (χ3v) is 3.24. The molecule has 0 aromatic rings. The highest BCUT2D eigenvalue weighted by Crippen LogP contribution is 2.14. The molecule has 0 aliphatic carbocycles. The van der Waals surface area contributed by atoms with Crippen molar-refractivity contribution in [1.29, 1.82) is 0 Å². The number of hydrogen-bond donors (Lipinski definition) is 1. The van der Waals surface area contributed by atoms with E-state index in [9.17, 15) is 4.79 Å². The van der Waals surface area contributed by atoms with Gasteiger partial charge in [-0.3, -0.25) is 9.69 Å². The predicted octanol–water partition coefficient (Wildman–Crippen LogP) is 0.705. The van der Waals surface area contributed by atoms with Crippen molar-refractivity contribution < 1.29 is 14.3 Å². The van der Waals surface area contributed by atoms with Crippen LogP contribution in [0.3, 0.4) is 0 Å². The van der Waals surface area contributed by atoms with Gasteiger partial charge in [0, 0.05) is 13.1 Å². The molecule has 5 nitrogen and oxygen atoms in total. The number of carbonyl (C=O) groups is 1. The SMILES string of the molecule is CCCC(C(=O)OCC)N1CCOC(C(N)=S)C1. The fourth-order valence-electron chi connectivity index (χ4n) is 2.09. The number of nitrogens with zero attached hydrogens (tertiary/aromatic N) is 1. The third-order valence-electron chi connectivity index (χ3n) is 2.98. The van der Waals surface area contributed by atoms with Crippen LogP contribution in [0, 0.1) is 0 Å². The Balaban J connectivity index is 2.66. The normalized spacial score (nSPS) is 22.4. The number of hydrogen-bond acceptors (Lipinski definition) is 5. The van der Waals surface area contributed by atoms with Gasteiger partial charge >= 0.3 is 5.97 Å². The molecule has 18 heavy (non-hydrogen) atoms. The average Bonchev–Trinajstić information content (AvgIpc) is 2.36. The summed E-state index contributed by atoms with van der Waals surface area (Å²) in [6.45, 7) is 6.10. The van der Waals surface area contributed by atoms with Crippen molar-refractivity contribution in [2.45, 2.75) is 38.8 Å². The van der Waals surface area contributed by atoms with Gasteiger partial charge in [-0.25, -0.2) is 0 Å². The molecule has 2 N–H and O–H groups in total. The van der Waals surface area contributed by atoms with E-state index in [1.54, 1.807) is 0 Å². The van der Waals surface area contributed by atoms with Gasteiger partial charge in [0.25, 0.3) is 0 Å². The molecule has 1 saturated heterocycles. The smallest absolute Gasteiger partial charge is 0.323 e. The number of nitrogens with two attached hydrogens (primary N) is 1. The summed E-state index contributed by atoms with van der Waals surface area (Å²) < 4.78 is 10.6. The largest absolute Gasteiger partial charge is 0.465 e. The molecule has 0 aromatic carbocycles. The molecule has 1 rings (SSSR count). The monoisotopic (exact) mass is 274 g/mol. The highest BCUT2D eigenvalue weighted by Gasteiger charge is 2.32. The molecule has 0 saturated carbocycles. The molecule has 0 bridgehead atoms. The van der Waals surface area contributed by atoms with E-state index in [-0.39, 0.29) is 18.1 Å². The van der Waals surface area contributed by atoms with Crippen molar-refractivity contribution in [3.05, 3.63) is 0 Å². The molecule has 0 radical (unpaired) electrons. The van der Waals surface area contributed by atoms with E-state index in [2.05, 4.69) is 11.8 Å². The molecule has 2 atom stereocenters. The van der Waals surface area contributed by atoms with Crippen LogP contribution in [-0.4, -0.2) is 54.3 Å². The Hall–Kier alpha value is -0.720. The Kier molecular flexibility index (Phi) is 6.52. The van der Waals surface area contributed by atoms with Crippen molar-refractivity contribution >= 4 is 23.2 Å². The zero-order valence-corrected chi connectivity index (χ0v) is 11.9. The van der Waals surface area contributed by atoms with Gasteiger partial charge < -0.3 is 15.2 Å². The molecule has 104 valence electrons. The lowest BCUT2D eigenvalue weighted by Gasteiger charge is -2.36. The van der Waals surface area contributed by atoms with E-state index in [1.165, 1.54) is 0 Å². The summed E-state index contributed by atoms with van der Waals surface area (Å²) in [5, 5.41) is 0. The molecule has 1 aliphatic heterocycles. The first-order chi connectivity index (χ1) is 8.60. The number of thiocarbonyl (C=S) groups is 1. The fourth-order valence-corrected chi connectivity index (χ4v) is 2.23. The van der Waals surface area contributed by atoms with Crippen LogP contribution in [0.2, 0.25) is 0 Å². The maximum Gasteiger partial charge on any atom is 0.323 e. The van der Waals surface area contributed by atoms with Crippen molar-refractivity contribution in [3.63, 3.8) is 0 Å².